The van der Waals surface area contributed by atoms with Crippen molar-refractivity contribution in [1.82, 2.24) is 15.0 Å². The van der Waals surface area contributed by atoms with Gasteiger partial charge in [-0.05, 0) is 6.92 Å². The minimum Gasteiger partial charge on any atom is -0.389 e. The number of halogens is 3. The molecule has 0 radical (unpaired) electrons. The molecule has 6 nitrogen and oxygen atoms in total. The zero-order chi connectivity index (χ0) is 13.8. The number of ether oxygens (including phenoxy) is 1. The number of hydrogen-bond donors (Lipinski definition) is 1. The van der Waals surface area contributed by atoms with Gasteiger partial charge in [0.15, 0.2) is 5.69 Å². The van der Waals surface area contributed by atoms with Crippen LogP contribution in [-0.4, -0.2) is 51.4 Å². The van der Waals surface area contributed by atoms with E-state index in [1.165, 1.54) is 0 Å². The molecule has 0 fully saturated rings. The van der Waals surface area contributed by atoms with E-state index in [0.29, 0.717) is 6.61 Å². The summed E-state index contributed by atoms with van der Waals surface area (Å²) in [7, 11) is 0. The van der Waals surface area contributed by atoms with E-state index in [0.717, 1.165) is 10.9 Å². The predicted molar refractivity (Wildman–Crippen MR) is 52.9 cm³/mol. The number of aliphatic hydroxyl groups excluding tert-OH is 1. The number of aliphatic hydroxyl groups is 1. The third-order valence-electron chi connectivity index (χ3n) is 1.94. The summed E-state index contributed by atoms with van der Waals surface area (Å²) in [6.45, 7) is 2.07. The molecule has 0 amide bonds. The highest BCUT2D eigenvalue weighted by Gasteiger charge is 2.41. The quantitative estimate of drug-likeness (QED) is 0.756. The van der Waals surface area contributed by atoms with Gasteiger partial charge in [0.05, 0.1) is 25.5 Å². The van der Waals surface area contributed by atoms with E-state index < -0.39 is 23.8 Å². The Kier molecular flexibility index (Phi) is 4.79. The van der Waals surface area contributed by atoms with Crippen molar-refractivity contribution in [3.8, 4) is 0 Å². The lowest BCUT2D eigenvalue weighted by Gasteiger charge is -2.09. The van der Waals surface area contributed by atoms with Crippen molar-refractivity contribution in [2.45, 2.75) is 25.7 Å². The van der Waals surface area contributed by atoms with E-state index in [-0.39, 0.29) is 13.2 Å². The van der Waals surface area contributed by atoms with Gasteiger partial charge in [-0.2, -0.15) is 13.2 Å². The van der Waals surface area contributed by atoms with Crippen LogP contribution in [0.3, 0.4) is 0 Å². The average Bonchev–Trinajstić information content (AvgIpc) is 2.72. The van der Waals surface area contributed by atoms with Gasteiger partial charge in [-0.3, -0.25) is 4.79 Å². The molecule has 0 spiro atoms. The van der Waals surface area contributed by atoms with E-state index in [1.807, 2.05) is 0 Å². The largest absolute Gasteiger partial charge is 0.456 e. The molecule has 1 unspecified atom stereocenters. The highest BCUT2D eigenvalue weighted by Crippen LogP contribution is 2.19. The Hall–Kier alpha value is -1.48. The van der Waals surface area contributed by atoms with Crippen molar-refractivity contribution in [1.29, 1.82) is 0 Å². The zero-order valence-corrected chi connectivity index (χ0v) is 9.52. The third kappa shape index (κ3) is 4.08. The molecule has 102 valence electrons. The maximum atomic E-state index is 12.1. The second-order valence-electron chi connectivity index (χ2n) is 3.47. The molecule has 1 rings (SSSR count). The van der Waals surface area contributed by atoms with Crippen LogP contribution >= 0.6 is 0 Å². The molecule has 0 bridgehead atoms. The van der Waals surface area contributed by atoms with E-state index >= 15 is 0 Å². The van der Waals surface area contributed by atoms with Gasteiger partial charge in [-0.1, -0.05) is 5.21 Å². The van der Waals surface area contributed by atoms with Gasteiger partial charge in [-0.15, -0.1) is 5.10 Å². The molecular formula is C9H12F3N3O3. The minimum atomic E-state index is -4.98. The topological polar surface area (TPSA) is 77.2 Å². The maximum Gasteiger partial charge on any atom is 0.456 e. The molecule has 1 aromatic heterocycles. The van der Waals surface area contributed by atoms with E-state index in [9.17, 15) is 23.1 Å². The smallest absolute Gasteiger partial charge is 0.389 e. The second kappa shape index (κ2) is 5.91. The fraction of sp³-hybridized carbons (Fsp3) is 0.667. The first-order chi connectivity index (χ1) is 8.34. The van der Waals surface area contributed by atoms with Crippen LogP contribution in [0.2, 0.25) is 0 Å². The molecule has 1 N–H and O–H groups in total. The van der Waals surface area contributed by atoms with Crippen LogP contribution in [0.4, 0.5) is 13.2 Å². The predicted octanol–water partition coefficient (Wildman–Crippen LogP) is 0.420. The molecule has 0 aliphatic rings. The van der Waals surface area contributed by atoms with E-state index in [2.05, 4.69) is 10.3 Å². The molecule has 1 atom stereocenters. The molecule has 0 saturated carbocycles. The lowest BCUT2D eigenvalue weighted by Crippen LogP contribution is -2.23. The molecule has 0 aliphatic heterocycles. The van der Waals surface area contributed by atoms with Crippen molar-refractivity contribution in [2.75, 3.05) is 13.2 Å². The Labute approximate surface area is 100 Å². The van der Waals surface area contributed by atoms with Gasteiger partial charge < -0.3 is 9.84 Å². The molecule has 1 aromatic rings. The van der Waals surface area contributed by atoms with Crippen molar-refractivity contribution in [2.24, 2.45) is 0 Å². The van der Waals surface area contributed by atoms with Crippen LogP contribution in [0, 0.1) is 0 Å². The number of hydrogen-bond acceptors (Lipinski definition) is 5. The summed E-state index contributed by atoms with van der Waals surface area (Å²) < 4.78 is 42.1. The van der Waals surface area contributed by atoms with Crippen molar-refractivity contribution in [3.63, 3.8) is 0 Å². The van der Waals surface area contributed by atoms with Crippen LogP contribution in [0.15, 0.2) is 6.20 Å². The first kappa shape index (κ1) is 14.6. The first-order valence-corrected chi connectivity index (χ1v) is 5.12. The van der Waals surface area contributed by atoms with Gasteiger partial charge in [0, 0.05) is 6.61 Å². The fourth-order valence-corrected chi connectivity index (χ4v) is 1.16. The Morgan fingerprint density at radius 2 is 2.28 bits per heavy atom. The van der Waals surface area contributed by atoms with Crippen molar-refractivity contribution >= 4 is 5.78 Å². The van der Waals surface area contributed by atoms with Gasteiger partial charge in [-0.25, -0.2) is 4.68 Å². The van der Waals surface area contributed by atoms with Gasteiger partial charge in [0.2, 0.25) is 0 Å². The number of ketones is 1. The monoisotopic (exact) mass is 267 g/mol. The van der Waals surface area contributed by atoms with Crippen molar-refractivity contribution < 1.29 is 27.8 Å². The standard InChI is InChI=1S/C9H12F3N3O3/c1-2-18-5-6(16)3-15-4-7(13-14-15)8(17)9(10,11)12/h4,6,16H,2-3,5H2,1H3. The van der Waals surface area contributed by atoms with Crippen molar-refractivity contribution in [3.05, 3.63) is 11.9 Å². The second-order valence-corrected chi connectivity index (χ2v) is 3.47. The summed E-state index contributed by atoms with van der Waals surface area (Å²) >= 11 is 0. The molecule has 9 heteroatoms. The van der Waals surface area contributed by atoms with Crippen LogP contribution in [0.25, 0.3) is 0 Å². The summed E-state index contributed by atoms with van der Waals surface area (Å²) in [5.41, 5.74) is -0.800. The number of nitrogens with zero attached hydrogens (tertiary/aromatic N) is 3. The summed E-state index contributed by atoms with van der Waals surface area (Å²) in [4.78, 5) is 10.8. The Bertz CT molecular complexity index is 405. The zero-order valence-electron chi connectivity index (χ0n) is 9.52. The molecule has 0 aromatic carbocycles. The lowest BCUT2D eigenvalue weighted by molar-refractivity contribution is -0.0888. The van der Waals surface area contributed by atoms with Gasteiger partial charge in [0.1, 0.15) is 0 Å². The number of carbonyl (C=O) groups excluding carboxylic acids is 1. The number of rotatable bonds is 6. The molecule has 0 aliphatic carbocycles. The Morgan fingerprint density at radius 1 is 1.61 bits per heavy atom. The van der Waals surface area contributed by atoms with Gasteiger partial charge in [0.25, 0.3) is 5.78 Å². The van der Waals surface area contributed by atoms with Crippen LogP contribution in [0.5, 0.6) is 0 Å². The first-order valence-electron chi connectivity index (χ1n) is 5.12. The normalized spacial score (nSPS) is 13.6. The lowest BCUT2D eigenvalue weighted by atomic mass is 10.3. The van der Waals surface area contributed by atoms with Crippen LogP contribution in [0.1, 0.15) is 17.4 Å². The number of alkyl halides is 3. The highest BCUT2D eigenvalue weighted by atomic mass is 19.4. The Morgan fingerprint density at radius 3 is 2.83 bits per heavy atom. The maximum absolute atomic E-state index is 12.1. The Balaban J connectivity index is 2.61. The molecule has 0 saturated heterocycles. The number of carbonyl (C=O) groups is 1. The van der Waals surface area contributed by atoms with E-state index in [4.69, 9.17) is 4.74 Å². The molecule has 1 heterocycles. The van der Waals surface area contributed by atoms with Crippen LogP contribution in [-0.2, 0) is 11.3 Å². The number of aromatic nitrogens is 3. The highest BCUT2D eigenvalue weighted by molar-refractivity contribution is 5.98. The van der Waals surface area contributed by atoms with E-state index in [1.54, 1.807) is 6.92 Å². The third-order valence-corrected chi connectivity index (χ3v) is 1.94. The SMILES string of the molecule is CCOCC(O)Cn1cc(C(=O)C(F)(F)F)nn1. The molecule has 18 heavy (non-hydrogen) atoms. The minimum absolute atomic E-state index is 0.0267. The van der Waals surface area contributed by atoms with Crippen LogP contribution < -0.4 is 0 Å². The molecular weight excluding hydrogens is 255 g/mol. The summed E-state index contributed by atoms with van der Waals surface area (Å²) in [6.07, 6.45) is -5.07. The average molecular weight is 267 g/mol. The summed E-state index contributed by atoms with van der Waals surface area (Å²) in [5.74, 6) is -2.06. The number of Topliss-reactive ketones (excluding diaryl/α,β-unsaturated/α-hetero) is 1. The fourth-order valence-electron chi connectivity index (χ4n) is 1.16. The summed E-state index contributed by atoms with van der Waals surface area (Å²) in [5, 5.41) is 15.9. The summed E-state index contributed by atoms with van der Waals surface area (Å²) in [6, 6.07) is 0. The van der Waals surface area contributed by atoms with Gasteiger partial charge >= 0.3 is 6.18 Å².